The van der Waals surface area contributed by atoms with Crippen molar-refractivity contribution in [3.8, 4) is 0 Å². The van der Waals surface area contributed by atoms with E-state index in [2.05, 4.69) is 18.8 Å². The van der Waals surface area contributed by atoms with Crippen LogP contribution in [-0.2, 0) is 0 Å². The summed E-state index contributed by atoms with van der Waals surface area (Å²) in [5.74, 6) is 0.0420. The van der Waals surface area contributed by atoms with Crippen LogP contribution in [-0.4, -0.2) is 35.2 Å². The Balaban J connectivity index is 3.15. The van der Waals surface area contributed by atoms with Gasteiger partial charge in [0, 0.05) is 12.6 Å². The lowest BCUT2D eigenvalue weighted by molar-refractivity contribution is 0.100. The van der Waals surface area contributed by atoms with Gasteiger partial charge in [0.15, 0.2) is 0 Å². The molecule has 6 heteroatoms. The molecule has 0 bridgehead atoms. The van der Waals surface area contributed by atoms with Gasteiger partial charge in [-0.1, -0.05) is 13.8 Å². The van der Waals surface area contributed by atoms with Gasteiger partial charge in [0.05, 0.1) is 24.1 Å². The molecule has 0 unspecified atom stereocenters. The minimum atomic E-state index is -0.574. The van der Waals surface area contributed by atoms with Crippen molar-refractivity contribution in [3.05, 3.63) is 17.8 Å². The zero-order valence-electron chi connectivity index (χ0n) is 11.5. The van der Waals surface area contributed by atoms with E-state index in [0.29, 0.717) is 12.4 Å². The van der Waals surface area contributed by atoms with E-state index in [1.165, 1.54) is 6.20 Å². The van der Waals surface area contributed by atoms with E-state index in [1.54, 1.807) is 6.07 Å². The largest absolute Gasteiger partial charge is 0.397 e. The molecule has 1 aromatic heterocycles. The summed E-state index contributed by atoms with van der Waals surface area (Å²) in [6.45, 7) is 4.63. The molecule has 0 saturated carbocycles. The highest BCUT2D eigenvalue weighted by Gasteiger charge is 2.18. The van der Waals surface area contributed by atoms with Crippen LogP contribution in [0.4, 0.5) is 11.5 Å². The molecule has 19 heavy (non-hydrogen) atoms. The van der Waals surface area contributed by atoms with E-state index in [9.17, 15) is 9.90 Å². The molecule has 0 radical (unpaired) electrons. The van der Waals surface area contributed by atoms with Crippen molar-refractivity contribution in [1.82, 2.24) is 4.98 Å². The number of anilines is 2. The predicted octanol–water partition coefficient (Wildman–Crippen LogP) is 0.750. The van der Waals surface area contributed by atoms with E-state index < -0.39 is 5.91 Å². The maximum absolute atomic E-state index is 11.3. The second kappa shape index (κ2) is 6.94. The van der Waals surface area contributed by atoms with Crippen LogP contribution in [0, 0.1) is 0 Å². The summed E-state index contributed by atoms with van der Waals surface area (Å²) in [4.78, 5) is 17.5. The second-order valence-corrected chi connectivity index (χ2v) is 4.38. The zero-order chi connectivity index (χ0) is 14.4. The fourth-order valence-electron chi connectivity index (χ4n) is 2.15. The molecule has 0 aromatic carbocycles. The number of carbonyl (C=O) groups is 1. The predicted molar refractivity (Wildman–Crippen MR) is 76.0 cm³/mol. The summed E-state index contributed by atoms with van der Waals surface area (Å²) in [5, 5.41) is 9.19. The van der Waals surface area contributed by atoms with Crippen molar-refractivity contribution in [3.63, 3.8) is 0 Å². The normalized spacial score (nSPS) is 10.7. The van der Waals surface area contributed by atoms with Crippen LogP contribution in [0.5, 0.6) is 0 Å². The zero-order valence-corrected chi connectivity index (χ0v) is 11.5. The van der Waals surface area contributed by atoms with Gasteiger partial charge in [-0.25, -0.2) is 4.98 Å². The first-order valence-electron chi connectivity index (χ1n) is 6.47. The topological polar surface area (TPSA) is 105 Å². The lowest BCUT2D eigenvalue weighted by Crippen LogP contribution is -2.37. The number of primary amides is 1. The van der Waals surface area contributed by atoms with Crippen molar-refractivity contribution < 1.29 is 9.90 Å². The molecule has 1 heterocycles. The Morgan fingerprint density at radius 3 is 2.58 bits per heavy atom. The summed E-state index contributed by atoms with van der Waals surface area (Å²) in [7, 11) is 0. The van der Waals surface area contributed by atoms with Gasteiger partial charge in [0.25, 0.3) is 5.91 Å². The van der Waals surface area contributed by atoms with Gasteiger partial charge in [0.2, 0.25) is 0 Å². The molecule has 6 nitrogen and oxygen atoms in total. The first kappa shape index (κ1) is 15.2. The van der Waals surface area contributed by atoms with Gasteiger partial charge < -0.3 is 21.5 Å². The van der Waals surface area contributed by atoms with Crippen molar-refractivity contribution in [2.45, 2.75) is 32.7 Å². The summed E-state index contributed by atoms with van der Waals surface area (Å²) in [6, 6.07) is 1.84. The summed E-state index contributed by atoms with van der Waals surface area (Å²) >= 11 is 0. The molecule has 0 saturated heterocycles. The van der Waals surface area contributed by atoms with E-state index >= 15 is 0 Å². The maximum Gasteiger partial charge on any atom is 0.250 e. The number of aliphatic hydroxyl groups excluding tert-OH is 1. The molecule has 5 N–H and O–H groups in total. The Hall–Kier alpha value is -1.82. The van der Waals surface area contributed by atoms with E-state index in [0.717, 1.165) is 12.8 Å². The first-order valence-corrected chi connectivity index (χ1v) is 6.47. The number of amides is 1. The number of hydrogen-bond acceptors (Lipinski definition) is 5. The van der Waals surface area contributed by atoms with Gasteiger partial charge >= 0.3 is 0 Å². The molecule has 1 rings (SSSR count). The Labute approximate surface area is 113 Å². The van der Waals surface area contributed by atoms with Crippen LogP contribution in [0.25, 0.3) is 0 Å². The van der Waals surface area contributed by atoms with Gasteiger partial charge in [0.1, 0.15) is 5.82 Å². The van der Waals surface area contributed by atoms with Gasteiger partial charge in [-0.05, 0) is 18.9 Å². The van der Waals surface area contributed by atoms with Crippen LogP contribution in [0.15, 0.2) is 12.3 Å². The molecule has 0 aliphatic heterocycles. The molecule has 1 amide bonds. The van der Waals surface area contributed by atoms with Crippen molar-refractivity contribution in [2.24, 2.45) is 5.73 Å². The van der Waals surface area contributed by atoms with Gasteiger partial charge in [-0.3, -0.25) is 4.79 Å². The molecule has 0 spiro atoms. The highest BCUT2D eigenvalue weighted by atomic mass is 16.3. The molecular weight excluding hydrogens is 244 g/mol. The number of nitrogens with two attached hydrogens (primary N) is 2. The summed E-state index contributed by atoms with van der Waals surface area (Å²) in [5.41, 5.74) is 11.5. The molecular formula is C13H22N4O2. The lowest BCUT2D eigenvalue weighted by atomic mass is 10.1. The Bertz CT molecular complexity index is 433. The number of hydrogen-bond donors (Lipinski definition) is 3. The molecule has 1 aromatic rings. The van der Waals surface area contributed by atoms with E-state index in [4.69, 9.17) is 11.5 Å². The Morgan fingerprint density at radius 1 is 1.47 bits per heavy atom. The third kappa shape index (κ3) is 3.57. The number of nitrogens with zero attached hydrogens (tertiary/aromatic N) is 2. The van der Waals surface area contributed by atoms with E-state index in [-0.39, 0.29) is 23.9 Å². The highest BCUT2D eigenvalue weighted by Crippen LogP contribution is 2.21. The minimum Gasteiger partial charge on any atom is -0.397 e. The molecule has 0 atom stereocenters. The molecule has 0 aliphatic carbocycles. The van der Waals surface area contributed by atoms with Gasteiger partial charge in [-0.15, -0.1) is 0 Å². The SMILES string of the molecule is CCC(CC)N(CCO)c1cc(C(N)=O)c(N)cn1. The number of rotatable bonds is 7. The highest BCUT2D eigenvalue weighted by molar-refractivity contribution is 5.98. The van der Waals surface area contributed by atoms with Crippen molar-refractivity contribution in [1.29, 1.82) is 0 Å². The second-order valence-electron chi connectivity index (χ2n) is 4.38. The monoisotopic (exact) mass is 266 g/mol. The van der Waals surface area contributed by atoms with Crippen molar-refractivity contribution in [2.75, 3.05) is 23.8 Å². The average molecular weight is 266 g/mol. The average Bonchev–Trinajstić information content (AvgIpc) is 2.39. The van der Waals surface area contributed by atoms with Crippen LogP contribution >= 0.6 is 0 Å². The van der Waals surface area contributed by atoms with Crippen LogP contribution in [0.3, 0.4) is 0 Å². The fourth-order valence-corrected chi connectivity index (χ4v) is 2.15. The third-order valence-corrected chi connectivity index (χ3v) is 3.20. The number of carbonyl (C=O) groups excluding carboxylic acids is 1. The maximum atomic E-state index is 11.3. The number of pyridine rings is 1. The lowest BCUT2D eigenvalue weighted by Gasteiger charge is -2.31. The van der Waals surface area contributed by atoms with Crippen LogP contribution in [0.1, 0.15) is 37.0 Å². The first-order chi connectivity index (χ1) is 9.04. The minimum absolute atomic E-state index is 0.0223. The third-order valence-electron chi connectivity index (χ3n) is 3.20. The van der Waals surface area contributed by atoms with Crippen LogP contribution in [0.2, 0.25) is 0 Å². The Kier molecular flexibility index (Phi) is 5.57. The summed E-state index contributed by atoms with van der Waals surface area (Å²) in [6.07, 6.45) is 3.28. The Morgan fingerprint density at radius 2 is 2.11 bits per heavy atom. The van der Waals surface area contributed by atoms with Crippen molar-refractivity contribution >= 4 is 17.4 Å². The van der Waals surface area contributed by atoms with Gasteiger partial charge in [-0.2, -0.15) is 0 Å². The van der Waals surface area contributed by atoms with E-state index in [1.807, 2.05) is 4.90 Å². The fraction of sp³-hybridized carbons (Fsp3) is 0.538. The number of aromatic nitrogens is 1. The molecule has 0 fully saturated rings. The molecule has 0 aliphatic rings. The number of aliphatic hydroxyl groups is 1. The quantitative estimate of drug-likeness (QED) is 0.675. The number of nitrogen functional groups attached to an aromatic ring is 1. The van der Waals surface area contributed by atoms with Crippen LogP contribution < -0.4 is 16.4 Å². The summed E-state index contributed by atoms with van der Waals surface area (Å²) < 4.78 is 0. The smallest absolute Gasteiger partial charge is 0.250 e. The standard InChI is InChI=1S/C13H22N4O2/c1-3-9(4-2)17(5-6-18)12-7-10(13(15)19)11(14)8-16-12/h7-9,18H,3-6,14H2,1-2H3,(H2,15,19). The molecule has 106 valence electrons.